The number of amides is 3. The van der Waals surface area contributed by atoms with Gasteiger partial charge in [-0.25, -0.2) is 4.90 Å². The van der Waals surface area contributed by atoms with Gasteiger partial charge in [0, 0.05) is 6.54 Å². The number of carbonyl (C=O) groups excluding carboxylic acids is 3. The van der Waals surface area contributed by atoms with Crippen LogP contribution in [0.2, 0.25) is 0 Å². The summed E-state index contributed by atoms with van der Waals surface area (Å²) < 4.78 is 0. The normalized spacial score (nSPS) is 18.2. The van der Waals surface area contributed by atoms with E-state index in [1.807, 2.05) is 19.9 Å². The highest BCUT2D eigenvalue weighted by molar-refractivity contribution is 6.34. The van der Waals surface area contributed by atoms with Crippen molar-refractivity contribution >= 4 is 23.4 Å². The number of hydrogen-bond donors (Lipinski definition) is 1. The Labute approximate surface area is 139 Å². The summed E-state index contributed by atoms with van der Waals surface area (Å²) in [5, 5.41) is 2.86. The van der Waals surface area contributed by atoms with E-state index in [2.05, 4.69) is 5.32 Å². The smallest absolute Gasteiger partial charge is 0.266 e. The van der Waals surface area contributed by atoms with E-state index in [0.717, 1.165) is 11.1 Å². The molecule has 0 saturated heterocycles. The monoisotopic (exact) mass is 320 g/mol. The molecule has 0 fully saturated rings. The van der Waals surface area contributed by atoms with Crippen molar-refractivity contribution in [2.45, 2.75) is 25.8 Å². The lowest BCUT2D eigenvalue weighted by atomic mass is 9.78. The van der Waals surface area contributed by atoms with Gasteiger partial charge in [-0.3, -0.25) is 14.4 Å². The summed E-state index contributed by atoms with van der Waals surface area (Å²) in [7, 11) is 0. The van der Waals surface area contributed by atoms with Crippen LogP contribution >= 0.6 is 0 Å². The van der Waals surface area contributed by atoms with Gasteiger partial charge in [0.2, 0.25) is 5.91 Å². The van der Waals surface area contributed by atoms with Crippen molar-refractivity contribution in [1.82, 2.24) is 5.32 Å². The molecular formula is C19H16N2O3. The highest BCUT2D eigenvalue weighted by Gasteiger charge is 2.39. The van der Waals surface area contributed by atoms with Crippen molar-refractivity contribution in [3.05, 3.63) is 64.7 Å². The predicted octanol–water partition coefficient (Wildman–Crippen LogP) is 2.39. The third kappa shape index (κ3) is 1.84. The van der Waals surface area contributed by atoms with Gasteiger partial charge in [0.05, 0.1) is 22.2 Å². The maximum Gasteiger partial charge on any atom is 0.266 e. The van der Waals surface area contributed by atoms with Crippen LogP contribution in [0.3, 0.4) is 0 Å². The van der Waals surface area contributed by atoms with E-state index in [1.54, 1.807) is 36.4 Å². The zero-order valence-corrected chi connectivity index (χ0v) is 13.4. The first-order valence-electron chi connectivity index (χ1n) is 7.81. The molecule has 0 atom stereocenters. The van der Waals surface area contributed by atoms with Crippen LogP contribution in [0.25, 0.3) is 0 Å². The van der Waals surface area contributed by atoms with Gasteiger partial charge in [-0.05, 0) is 49.2 Å². The molecule has 2 aliphatic heterocycles. The first kappa shape index (κ1) is 14.6. The van der Waals surface area contributed by atoms with Crippen molar-refractivity contribution in [2.24, 2.45) is 0 Å². The van der Waals surface area contributed by atoms with E-state index in [1.165, 1.54) is 4.90 Å². The fraction of sp³-hybridized carbons (Fsp3) is 0.211. The minimum Gasteiger partial charge on any atom is -0.351 e. The average Bonchev–Trinajstić information content (AvgIpc) is 2.83. The van der Waals surface area contributed by atoms with Crippen LogP contribution in [-0.4, -0.2) is 17.7 Å². The number of nitrogens with zero attached hydrogens (tertiary/aromatic N) is 1. The number of benzene rings is 2. The van der Waals surface area contributed by atoms with Gasteiger partial charge in [-0.1, -0.05) is 18.2 Å². The van der Waals surface area contributed by atoms with Crippen LogP contribution in [0.1, 0.15) is 45.7 Å². The maximum absolute atomic E-state index is 12.6. The Hall–Kier alpha value is -2.95. The van der Waals surface area contributed by atoms with E-state index in [0.29, 0.717) is 23.4 Å². The Balaban J connectivity index is 1.83. The van der Waals surface area contributed by atoms with Gasteiger partial charge >= 0.3 is 0 Å². The van der Waals surface area contributed by atoms with Gasteiger partial charge in [0.25, 0.3) is 11.8 Å². The third-order valence-corrected chi connectivity index (χ3v) is 4.83. The van der Waals surface area contributed by atoms with Crippen LogP contribution in [0.4, 0.5) is 5.69 Å². The summed E-state index contributed by atoms with van der Waals surface area (Å²) >= 11 is 0. The van der Waals surface area contributed by atoms with Crippen molar-refractivity contribution in [2.75, 3.05) is 4.90 Å². The molecular weight excluding hydrogens is 304 g/mol. The fourth-order valence-electron chi connectivity index (χ4n) is 3.38. The summed E-state index contributed by atoms with van der Waals surface area (Å²) in [6.07, 6.45) is 0. The molecule has 4 rings (SSSR count). The van der Waals surface area contributed by atoms with E-state index in [-0.39, 0.29) is 17.7 Å². The van der Waals surface area contributed by atoms with Crippen LogP contribution in [0, 0.1) is 0 Å². The van der Waals surface area contributed by atoms with Crippen LogP contribution in [0.15, 0.2) is 42.5 Å². The molecule has 0 aliphatic carbocycles. The summed E-state index contributed by atoms with van der Waals surface area (Å²) in [6, 6.07) is 12.2. The van der Waals surface area contributed by atoms with Crippen molar-refractivity contribution in [3.63, 3.8) is 0 Å². The van der Waals surface area contributed by atoms with Crippen LogP contribution in [0.5, 0.6) is 0 Å². The SMILES string of the molecule is CC1(C)C(=O)NCc2ccc(N3C(=O)c4ccccc4C3=O)cc21. The molecule has 2 heterocycles. The number of fused-ring (bicyclic) bond motifs is 2. The summed E-state index contributed by atoms with van der Waals surface area (Å²) in [4.78, 5) is 38.6. The molecule has 0 bridgehead atoms. The molecule has 0 saturated carbocycles. The van der Waals surface area contributed by atoms with Crippen LogP contribution in [-0.2, 0) is 16.8 Å². The lowest BCUT2D eigenvalue weighted by Gasteiger charge is -2.32. The molecule has 0 aromatic heterocycles. The van der Waals surface area contributed by atoms with E-state index in [9.17, 15) is 14.4 Å². The molecule has 2 aromatic carbocycles. The Morgan fingerprint density at radius 2 is 1.58 bits per heavy atom. The maximum atomic E-state index is 12.6. The number of anilines is 1. The predicted molar refractivity (Wildman–Crippen MR) is 88.9 cm³/mol. The number of imide groups is 1. The van der Waals surface area contributed by atoms with Gasteiger partial charge < -0.3 is 5.32 Å². The molecule has 0 unspecified atom stereocenters. The second kappa shape index (κ2) is 4.77. The Kier molecular flexibility index (Phi) is 2.91. The van der Waals surface area contributed by atoms with Crippen LogP contribution < -0.4 is 10.2 Å². The minimum atomic E-state index is -0.706. The van der Waals surface area contributed by atoms with E-state index >= 15 is 0 Å². The average molecular weight is 320 g/mol. The number of rotatable bonds is 1. The van der Waals surface area contributed by atoms with E-state index in [4.69, 9.17) is 0 Å². The molecule has 2 aromatic rings. The zero-order valence-electron chi connectivity index (χ0n) is 13.4. The Morgan fingerprint density at radius 1 is 0.958 bits per heavy atom. The Bertz CT molecular complexity index is 880. The standard InChI is InChI=1S/C19H16N2O3/c1-19(2)15-9-12(8-7-11(15)10-20-18(19)24)21-16(22)13-5-3-4-6-14(13)17(21)23/h3-9H,10H2,1-2H3,(H,20,24). The minimum absolute atomic E-state index is 0.0606. The van der Waals surface area contributed by atoms with Crippen molar-refractivity contribution in [1.29, 1.82) is 0 Å². The number of nitrogens with one attached hydrogen (secondary N) is 1. The zero-order chi connectivity index (χ0) is 17.1. The second-order valence-corrected chi connectivity index (χ2v) is 6.64. The molecule has 3 amide bonds. The number of hydrogen-bond acceptors (Lipinski definition) is 3. The second-order valence-electron chi connectivity index (χ2n) is 6.64. The van der Waals surface area contributed by atoms with Crippen molar-refractivity contribution in [3.8, 4) is 0 Å². The first-order chi connectivity index (χ1) is 11.4. The molecule has 0 spiro atoms. The van der Waals surface area contributed by atoms with E-state index < -0.39 is 5.41 Å². The largest absolute Gasteiger partial charge is 0.351 e. The number of carbonyl (C=O) groups is 3. The van der Waals surface area contributed by atoms with Gasteiger partial charge in [0.1, 0.15) is 0 Å². The molecule has 120 valence electrons. The summed E-state index contributed by atoms with van der Waals surface area (Å²) in [5.74, 6) is -0.711. The molecule has 5 nitrogen and oxygen atoms in total. The molecule has 2 aliphatic rings. The highest BCUT2D eigenvalue weighted by atomic mass is 16.2. The van der Waals surface area contributed by atoms with Crippen molar-refractivity contribution < 1.29 is 14.4 Å². The molecule has 1 N–H and O–H groups in total. The Morgan fingerprint density at radius 3 is 2.21 bits per heavy atom. The lowest BCUT2D eigenvalue weighted by Crippen LogP contribution is -2.45. The summed E-state index contributed by atoms with van der Waals surface area (Å²) in [5.41, 5.74) is 2.47. The molecule has 0 radical (unpaired) electrons. The third-order valence-electron chi connectivity index (χ3n) is 4.83. The lowest BCUT2D eigenvalue weighted by molar-refractivity contribution is -0.126. The van der Waals surface area contributed by atoms with Gasteiger partial charge in [-0.15, -0.1) is 0 Å². The summed E-state index contributed by atoms with van der Waals surface area (Å²) in [6.45, 7) is 4.14. The van der Waals surface area contributed by atoms with Gasteiger partial charge in [-0.2, -0.15) is 0 Å². The highest BCUT2D eigenvalue weighted by Crippen LogP contribution is 2.35. The fourth-order valence-corrected chi connectivity index (χ4v) is 3.38. The molecule has 24 heavy (non-hydrogen) atoms. The van der Waals surface area contributed by atoms with Gasteiger partial charge in [0.15, 0.2) is 0 Å². The topological polar surface area (TPSA) is 66.5 Å². The molecule has 5 heteroatoms. The first-order valence-corrected chi connectivity index (χ1v) is 7.81. The quantitative estimate of drug-likeness (QED) is 0.821.